The fourth-order valence-corrected chi connectivity index (χ4v) is 0.867. The van der Waals surface area contributed by atoms with Gasteiger partial charge in [0, 0.05) is 11.6 Å². The van der Waals surface area contributed by atoms with Crippen molar-refractivity contribution < 1.29 is 9.50 Å². The van der Waals surface area contributed by atoms with E-state index in [1.165, 1.54) is 12.1 Å². The van der Waals surface area contributed by atoms with E-state index in [-0.39, 0.29) is 5.75 Å². The second kappa shape index (κ2) is 3.21. The molecule has 1 rings (SSSR count). The first-order valence-corrected chi connectivity index (χ1v) is 3.38. The van der Waals surface area contributed by atoms with E-state index in [1.54, 1.807) is 6.92 Å². The lowest BCUT2D eigenvalue weighted by Gasteiger charge is -2.00. The van der Waals surface area contributed by atoms with Crippen LogP contribution in [0.15, 0.2) is 23.3 Å². The van der Waals surface area contributed by atoms with Gasteiger partial charge in [-0.3, -0.25) is 0 Å². The summed E-state index contributed by atoms with van der Waals surface area (Å²) in [5.41, 5.74) is 0.697. The van der Waals surface area contributed by atoms with Crippen molar-refractivity contribution >= 4 is 5.71 Å². The van der Waals surface area contributed by atoms with Gasteiger partial charge < -0.3 is 10.9 Å². The Labute approximate surface area is 69.3 Å². The fraction of sp³-hybridized carbons (Fsp3) is 0.125. The number of aromatic hydroxyl groups is 1. The average molecular weight is 168 g/mol. The Hall–Kier alpha value is -1.58. The van der Waals surface area contributed by atoms with Gasteiger partial charge in [-0.2, -0.15) is 5.10 Å². The minimum atomic E-state index is -0.526. The lowest BCUT2D eigenvalue weighted by Crippen LogP contribution is -2.01. The van der Waals surface area contributed by atoms with Gasteiger partial charge in [0.15, 0.2) is 0 Å². The van der Waals surface area contributed by atoms with Crippen LogP contribution in [-0.2, 0) is 0 Å². The Morgan fingerprint density at radius 3 is 2.75 bits per heavy atom. The summed E-state index contributed by atoms with van der Waals surface area (Å²) in [6.45, 7) is 1.59. The van der Waals surface area contributed by atoms with Crippen molar-refractivity contribution in [2.45, 2.75) is 6.92 Å². The summed E-state index contributed by atoms with van der Waals surface area (Å²) in [4.78, 5) is 0. The fourth-order valence-electron chi connectivity index (χ4n) is 0.867. The van der Waals surface area contributed by atoms with E-state index >= 15 is 0 Å². The van der Waals surface area contributed by atoms with E-state index in [9.17, 15) is 4.39 Å². The van der Waals surface area contributed by atoms with Crippen LogP contribution < -0.4 is 5.84 Å². The summed E-state index contributed by atoms with van der Waals surface area (Å²) in [5, 5.41) is 12.2. The Bertz CT molecular complexity index is 323. The molecule has 0 aliphatic carbocycles. The maximum atomic E-state index is 13.0. The van der Waals surface area contributed by atoms with Crippen LogP contribution in [0.5, 0.6) is 5.75 Å². The SMILES string of the molecule is C/C(=N/N)c1ccc(O)cc1F. The van der Waals surface area contributed by atoms with Gasteiger partial charge in [0.05, 0.1) is 5.71 Å². The van der Waals surface area contributed by atoms with Crippen LogP contribution in [0.3, 0.4) is 0 Å². The molecule has 0 bridgehead atoms. The van der Waals surface area contributed by atoms with Crippen molar-refractivity contribution in [1.82, 2.24) is 0 Å². The number of phenolic OH excluding ortho intramolecular Hbond substituents is 1. The number of nitrogens with zero attached hydrogens (tertiary/aromatic N) is 1. The number of phenols is 1. The molecule has 0 unspecified atom stereocenters. The van der Waals surface area contributed by atoms with Crippen LogP contribution in [0, 0.1) is 5.82 Å². The molecule has 1 aromatic rings. The first-order valence-electron chi connectivity index (χ1n) is 3.38. The molecule has 3 nitrogen and oxygen atoms in total. The maximum Gasteiger partial charge on any atom is 0.135 e. The Morgan fingerprint density at radius 1 is 1.58 bits per heavy atom. The Kier molecular flexibility index (Phi) is 2.28. The maximum absolute atomic E-state index is 13.0. The molecular formula is C8H9FN2O. The van der Waals surface area contributed by atoms with Crippen LogP contribution in [-0.4, -0.2) is 10.8 Å². The van der Waals surface area contributed by atoms with E-state index in [4.69, 9.17) is 10.9 Å². The molecule has 1 aromatic carbocycles. The smallest absolute Gasteiger partial charge is 0.135 e. The van der Waals surface area contributed by atoms with Crippen molar-refractivity contribution in [2.24, 2.45) is 10.9 Å². The molecule has 0 saturated carbocycles. The quantitative estimate of drug-likeness (QED) is 0.376. The molecule has 0 aliphatic rings. The molecule has 0 heterocycles. The zero-order valence-electron chi connectivity index (χ0n) is 6.58. The molecule has 0 fully saturated rings. The molecule has 0 spiro atoms. The van der Waals surface area contributed by atoms with Crippen LogP contribution in [0.4, 0.5) is 4.39 Å². The predicted octanol–water partition coefficient (Wildman–Crippen LogP) is 1.21. The number of rotatable bonds is 1. The van der Waals surface area contributed by atoms with Gasteiger partial charge in [0.25, 0.3) is 0 Å². The summed E-state index contributed by atoms with van der Waals surface area (Å²) >= 11 is 0. The lowest BCUT2D eigenvalue weighted by atomic mass is 10.1. The molecule has 64 valence electrons. The van der Waals surface area contributed by atoms with Gasteiger partial charge >= 0.3 is 0 Å². The van der Waals surface area contributed by atoms with Crippen molar-refractivity contribution in [3.8, 4) is 5.75 Å². The molecule has 3 N–H and O–H groups in total. The highest BCUT2D eigenvalue weighted by Crippen LogP contribution is 2.15. The van der Waals surface area contributed by atoms with Crippen molar-refractivity contribution in [3.63, 3.8) is 0 Å². The van der Waals surface area contributed by atoms with E-state index in [2.05, 4.69) is 5.10 Å². The highest BCUT2D eigenvalue weighted by atomic mass is 19.1. The summed E-state index contributed by atoms with van der Waals surface area (Å²) in [7, 11) is 0. The number of hydrazone groups is 1. The number of hydrogen-bond donors (Lipinski definition) is 2. The molecule has 4 heteroatoms. The van der Waals surface area contributed by atoms with Crippen molar-refractivity contribution in [3.05, 3.63) is 29.6 Å². The van der Waals surface area contributed by atoms with Gasteiger partial charge in [0.1, 0.15) is 11.6 Å². The zero-order chi connectivity index (χ0) is 9.14. The zero-order valence-corrected chi connectivity index (χ0v) is 6.58. The minimum Gasteiger partial charge on any atom is -0.508 e. The largest absolute Gasteiger partial charge is 0.508 e. The van der Waals surface area contributed by atoms with E-state index < -0.39 is 5.82 Å². The molecule has 12 heavy (non-hydrogen) atoms. The van der Waals surface area contributed by atoms with Gasteiger partial charge in [-0.15, -0.1) is 0 Å². The molecule has 0 saturated heterocycles. The molecule has 0 aromatic heterocycles. The predicted molar refractivity (Wildman–Crippen MR) is 44.5 cm³/mol. The van der Waals surface area contributed by atoms with E-state index in [0.29, 0.717) is 11.3 Å². The highest BCUT2D eigenvalue weighted by Gasteiger charge is 2.05. The molecule has 0 radical (unpaired) electrons. The number of hydrogen-bond acceptors (Lipinski definition) is 3. The van der Waals surface area contributed by atoms with Gasteiger partial charge in [-0.25, -0.2) is 4.39 Å². The Balaban J connectivity index is 3.18. The van der Waals surface area contributed by atoms with Crippen LogP contribution >= 0.6 is 0 Å². The van der Waals surface area contributed by atoms with Crippen molar-refractivity contribution in [2.75, 3.05) is 0 Å². The number of nitrogens with two attached hydrogens (primary N) is 1. The second-order valence-corrected chi connectivity index (χ2v) is 2.38. The van der Waals surface area contributed by atoms with Crippen LogP contribution in [0.1, 0.15) is 12.5 Å². The standard InChI is InChI=1S/C8H9FN2O/c1-5(11-10)7-3-2-6(12)4-8(7)9/h2-4,12H,10H2,1H3/b11-5-. The molecule has 0 atom stereocenters. The molecule has 0 amide bonds. The lowest BCUT2D eigenvalue weighted by molar-refractivity contribution is 0.469. The second-order valence-electron chi connectivity index (χ2n) is 2.38. The van der Waals surface area contributed by atoms with Crippen LogP contribution in [0.25, 0.3) is 0 Å². The van der Waals surface area contributed by atoms with Crippen molar-refractivity contribution in [1.29, 1.82) is 0 Å². The summed E-state index contributed by atoms with van der Waals surface area (Å²) in [6, 6.07) is 3.83. The third-order valence-electron chi connectivity index (χ3n) is 1.54. The van der Waals surface area contributed by atoms with Crippen LogP contribution in [0.2, 0.25) is 0 Å². The Morgan fingerprint density at radius 2 is 2.25 bits per heavy atom. The first kappa shape index (κ1) is 8.52. The number of halogens is 1. The highest BCUT2D eigenvalue weighted by molar-refractivity contribution is 5.98. The summed E-state index contributed by atoms with van der Waals surface area (Å²) in [6.07, 6.45) is 0. The average Bonchev–Trinajstić information content (AvgIpc) is 2.03. The topological polar surface area (TPSA) is 58.6 Å². The van der Waals surface area contributed by atoms with Gasteiger partial charge in [-0.1, -0.05) is 0 Å². The third-order valence-corrected chi connectivity index (χ3v) is 1.54. The third kappa shape index (κ3) is 1.53. The minimum absolute atomic E-state index is 0.110. The summed E-state index contributed by atoms with van der Waals surface area (Å²) in [5.74, 6) is 4.33. The monoisotopic (exact) mass is 168 g/mol. The number of benzene rings is 1. The van der Waals surface area contributed by atoms with Gasteiger partial charge in [0.2, 0.25) is 0 Å². The first-order chi connectivity index (χ1) is 5.65. The normalized spacial score (nSPS) is 11.7. The van der Waals surface area contributed by atoms with Gasteiger partial charge in [-0.05, 0) is 19.1 Å². The molecule has 0 aliphatic heterocycles. The van der Waals surface area contributed by atoms with E-state index in [0.717, 1.165) is 6.07 Å². The van der Waals surface area contributed by atoms with E-state index in [1.807, 2.05) is 0 Å². The summed E-state index contributed by atoms with van der Waals surface area (Å²) < 4.78 is 13.0. The molecular weight excluding hydrogens is 159 g/mol.